The molecule has 4 saturated carbocycles. The summed E-state index contributed by atoms with van der Waals surface area (Å²) in [4.78, 5) is 37.5. The van der Waals surface area contributed by atoms with Crippen LogP contribution in [-0.4, -0.2) is 63.6 Å². The Morgan fingerprint density at radius 2 is 1.59 bits per heavy atom. The van der Waals surface area contributed by atoms with Crippen LogP contribution in [0.15, 0.2) is 12.2 Å². The number of allylic oxidation sites excluding steroid dienone is 1. The number of esters is 2. The first-order valence-corrected chi connectivity index (χ1v) is 11.3. The Bertz CT molecular complexity index is 879. The van der Waals surface area contributed by atoms with E-state index in [-0.39, 0.29) is 18.1 Å². The zero-order chi connectivity index (χ0) is 24.0. The largest absolute Gasteiger partial charge is 0.462 e. The number of ketones is 1. The quantitative estimate of drug-likeness (QED) is 0.422. The van der Waals surface area contributed by atoms with Gasteiger partial charge in [0.15, 0.2) is 5.78 Å². The van der Waals surface area contributed by atoms with Crippen LogP contribution in [0, 0.1) is 34.0 Å². The first-order chi connectivity index (χ1) is 14.7. The molecular formula is C24H34O8. The van der Waals surface area contributed by atoms with Crippen molar-refractivity contribution in [2.75, 3.05) is 0 Å². The second kappa shape index (κ2) is 7.11. The summed E-state index contributed by atoms with van der Waals surface area (Å²) in [5.74, 6) is -3.16. The van der Waals surface area contributed by atoms with E-state index in [0.717, 1.165) is 0 Å². The van der Waals surface area contributed by atoms with Gasteiger partial charge >= 0.3 is 11.9 Å². The maximum atomic E-state index is 13.6. The van der Waals surface area contributed by atoms with E-state index in [4.69, 9.17) is 9.47 Å². The molecule has 4 aliphatic carbocycles. The molecule has 178 valence electrons. The van der Waals surface area contributed by atoms with Gasteiger partial charge in [0.1, 0.15) is 18.3 Å². The highest BCUT2D eigenvalue weighted by atomic mass is 16.6. The maximum Gasteiger partial charge on any atom is 0.303 e. The van der Waals surface area contributed by atoms with Gasteiger partial charge in [-0.15, -0.1) is 0 Å². The van der Waals surface area contributed by atoms with Gasteiger partial charge in [-0.25, -0.2) is 0 Å². The fourth-order valence-corrected chi connectivity index (χ4v) is 8.13. The second-order valence-corrected chi connectivity index (χ2v) is 11.1. The molecular weight excluding hydrogens is 416 g/mol. The van der Waals surface area contributed by atoms with Gasteiger partial charge in [-0.05, 0) is 24.3 Å². The minimum absolute atomic E-state index is 0.111. The first kappa shape index (κ1) is 23.4. The lowest BCUT2D eigenvalue weighted by molar-refractivity contribution is -0.306. The van der Waals surface area contributed by atoms with E-state index < -0.39 is 70.5 Å². The number of carbonyl (C=O) groups is 3. The van der Waals surface area contributed by atoms with E-state index in [1.807, 2.05) is 13.8 Å². The normalized spacial score (nSPS) is 49.1. The fraction of sp³-hybridized carbons (Fsp3) is 0.792. The molecule has 8 heteroatoms. The van der Waals surface area contributed by atoms with Crippen molar-refractivity contribution in [2.24, 2.45) is 34.0 Å². The highest BCUT2D eigenvalue weighted by molar-refractivity contribution is 6.03. The molecule has 2 bridgehead atoms. The number of fused-ring (bicyclic) bond motifs is 3. The molecule has 3 N–H and O–H groups in total. The van der Waals surface area contributed by atoms with Crippen LogP contribution in [0.2, 0.25) is 0 Å². The van der Waals surface area contributed by atoms with Gasteiger partial charge < -0.3 is 24.8 Å². The Kier molecular flexibility index (Phi) is 5.20. The minimum atomic E-state index is -1.39. The Morgan fingerprint density at radius 1 is 1.00 bits per heavy atom. The smallest absolute Gasteiger partial charge is 0.303 e. The third-order valence-corrected chi connectivity index (χ3v) is 9.16. The van der Waals surface area contributed by atoms with Crippen molar-refractivity contribution < 1.29 is 39.2 Å². The van der Waals surface area contributed by atoms with Gasteiger partial charge in [-0.1, -0.05) is 27.4 Å². The summed E-state index contributed by atoms with van der Waals surface area (Å²) < 4.78 is 11.2. The number of Topliss-reactive ketones (excluding diaryl/α,β-unsaturated/α-hetero) is 1. The number of aliphatic hydroxyl groups is 3. The number of aliphatic hydroxyl groups excluding tert-OH is 3. The first-order valence-electron chi connectivity index (χ1n) is 11.3. The molecule has 0 aromatic carbocycles. The standard InChI is InChI=1S/C24H34O8/c1-10-13-7-14(27)18-23(6)15(28)8-16(31-11(2)25)22(4,5)19(23)17(32-12(3)26)21(30)24(18,9-13)20(10)29/h13-19,21,27-28,30H,1,7-9H2,2-6H3. The molecule has 10 atom stereocenters. The molecule has 0 amide bonds. The third-order valence-electron chi connectivity index (χ3n) is 9.16. The van der Waals surface area contributed by atoms with Crippen molar-refractivity contribution >= 4 is 17.7 Å². The summed E-state index contributed by atoms with van der Waals surface area (Å²) in [6, 6.07) is 0. The van der Waals surface area contributed by atoms with Gasteiger partial charge in [-0.2, -0.15) is 0 Å². The molecule has 0 heterocycles. The van der Waals surface area contributed by atoms with Crippen molar-refractivity contribution in [3.8, 4) is 0 Å². The zero-order valence-electron chi connectivity index (χ0n) is 19.3. The maximum absolute atomic E-state index is 13.6. The van der Waals surface area contributed by atoms with Crippen LogP contribution in [0.5, 0.6) is 0 Å². The molecule has 4 rings (SSSR count). The fourth-order valence-electron chi connectivity index (χ4n) is 8.13. The number of hydrogen-bond donors (Lipinski definition) is 3. The van der Waals surface area contributed by atoms with Gasteiger partial charge in [-0.3, -0.25) is 14.4 Å². The van der Waals surface area contributed by atoms with E-state index in [2.05, 4.69) is 6.58 Å². The third kappa shape index (κ3) is 2.75. The van der Waals surface area contributed by atoms with Crippen LogP contribution in [-0.2, 0) is 23.9 Å². The average Bonchev–Trinajstić information content (AvgIpc) is 2.85. The molecule has 4 aliphatic rings. The number of rotatable bonds is 2. The van der Waals surface area contributed by atoms with Crippen LogP contribution < -0.4 is 0 Å². The number of hydrogen-bond acceptors (Lipinski definition) is 8. The van der Waals surface area contributed by atoms with Crippen LogP contribution in [0.3, 0.4) is 0 Å². The molecule has 0 aromatic heterocycles. The molecule has 10 unspecified atom stereocenters. The zero-order valence-corrected chi connectivity index (χ0v) is 19.3. The van der Waals surface area contributed by atoms with Crippen molar-refractivity contribution in [1.29, 1.82) is 0 Å². The lowest BCUT2D eigenvalue weighted by Gasteiger charge is -2.68. The van der Waals surface area contributed by atoms with E-state index in [1.54, 1.807) is 6.92 Å². The Hall–Kier alpha value is -1.77. The predicted molar refractivity (Wildman–Crippen MR) is 112 cm³/mol. The van der Waals surface area contributed by atoms with Crippen LogP contribution in [0.1, 0.15) is 53.9 Å². The van der Waals surface area contributed by atoms with Crippen molar-refractivity contribution in [1.82, 2.24) is 0 Å². The Balaban J connectivity index is 1.95. The lowest BCUT2D eigenvalue weighted by atomic mass is 9.38. The second-order valence-electron chi connectivity index (χ2n) is 11.1. The topological polar surface area (TPSA) is 130 Å². The number of ether oxygens (including phenoxy) is 2. The van der Waals surface area contributed by atoms with Gasteiger partial charge in [0.25, 0.3) is 0 Å². The minimum Gasteiger partial charge on any atom is -0.462 e. The van der Waals surface area contributed by atoms with E-state index in [0.29, 0.717) is 18.4 Å². The molecule has 4 fully saturated rings. The van der Waals surface area contributed by atoms with E-state index in [1.165, 1.54) is 13.8 Å². The van der Waals surface area contributed by atoms with Crippen molar-refractivity contribution in [3.63, 3.8) is 0 Å². The summed E-state index contributed by atoms with van der Waals surface area (Å²) >= 11 is 0. The number of carbonyl (C=O) groups excluding carboxylic acids is 3. The highest BCUT2D eigenvalue weighted by Gasteiger charge is 2.78. The molecule has 0 aliphatic heterocycles. The molecule has 0 radical (unpaired) electrons. The molecule has 0 saturated heterocycles. The summed E-state index contributed by atoms with van der Waals surface area (Å²) in [6.07, 6.45) is -4.49. The monoisotopic (exact) mass is 450 g/mol. The molecule has 0 aromatic rings. The van der Waals surface area contributed by atoms with Gasteiger partial charge in [0.2, 0.25) is 0 Å². The van der Waals surface area contributed by atoms with Gasteiger partial charge in [0, 0.05) is 42.9 Å². The summed E-state index contributed by atoms with van der Waals surface area (Å²) in [5.41, 5.74) is -2.95. The summed E-state index contributed by atoms with van der Waals surface area (Å²) in [5, 5.41) is 34.5. The predicted octanol–water partition coefficient (Wildman–Crippen LogP) is 1.15. The van der Waals surface area contributed by atoms with Crippen LogP contribution >= 0.6 is 0 Å². The Labute approximate surface area is 188 Å². The summed E-state index contributed by atoms with van der Waals surface area (Å²) in [6.45, 7) is 12.0. The van der Waals surface area contributed by atoms with Crippen molar-refractivity contribution in [2.45, 2.75) is 84.4 Å². The van der Waals surface area contributed by atoms with Gasteiger partial charge in [0.05, 0.1) is 17.6 Å². The average molecular weight is 451 g/mol. The molecule has 32 heavy (non-hydrogen) atoms. The molecule has 8 nitrogen and oxygen atoms in total. The van der Waals surface area contributed by atoms with E-state index >= 15 is 0 Å². The van der Waals surface area contributed by atoms with E-state index in [9.17, 15) is 29.7 Å². The SMILES string of the molecule is C=C1C(=O)C23CC1CC(O)C2C1(C)C(O)CC(OC(C)=O)C(C)(C)C1C(OC(C)=O)C3O. The Morgan fingerprint density at radius 3 is 2.16 bits per heavy atom. The van der Waals surface area contributed by atoms with Crippen LogP contribution in [0.25, 0.3) is 0 Å². The molecule has 1 spiro atoms. The summed E-state index contributed by atoms with van der Waals surface area (Å²) in [7, 11) is 0. The van der Waals surface area contributed by atoms with Crippen molar-refractivity contribution in [3.05, 3.63) is 12.2 Å². The van der Waals surface area contributed by atoms with Crippen LogP contribution in [0.4, 0.5) is 0 Å². The lowest BCUT2D eigenvalue weighted by Crippen LogP contribution is -2.76. The highest BCUT2D eigenvalue weighted by Crippen LogP contribution is 2.71.